The number of rotatable bonds is 8. The first-order valence-electron chi connectivity index (χ1n) is 8.69. The van der Waals surface area contributed by atoms with Crippen LogP contribution in [0.1, 0.15) is 29.8 Å². The van der Waals surface area contributed by atoms with Gasteiger partial charge in [-0.25, -0.2) is 0 Å². The predicted octanol–water partition coefficient (Wildman–Crippen LogP) is 3.50. The van der Waals surface area contributed by atoms with Gasteiger partial charge in [0.2, 0.25) is 0 Å². The van der Waals surface area contributed by atoms with Crippen molar-refractivity contribution in [1.29, 1.82) is 0 Å². The Labute approximate surface area is 159 Å². The Kier molecular flexibility index (Phi) is 7.43. The molecule has 2 N–H and O–H groups in total. The van der Waals surface area contributed by atoms with Gasteiger partial charge in [-0.2, -0.15) is 0 Å². The zero-order valence-electron chi connectivity index (χ0n) is 15.7. The van der Waals surface area contributed by atoms with Crippen LogP contribution in [0.15, 0.2) is 48.5 Å². The van der Waals surface area contributed by atoms with E-state index in [0.29, 0.717) is 29.3 Å². The number of anilines is 1. The van der Waals surface area contributed by atoms with E-state index in [0.717, 1.165) is 5.56 Å². The Hall–Kier alpha value is -3.28. The van der Waals surface area contributed by atoms with Crippen LogP contribution in [0.2, 0.25) is 0 Å². The van der Waals surface area contributed by atoms with Gasteiger partial charge in [0.1, 0.15) is 0 Å². The van der Waals surface area contributed by atoms with E-state index in [-0.39, 0.29) is 18.4 Å². The average Bonchev–Trinajstić information content (AvgIpc) is 2.68. The van der Waals surface area contributed by atoms with Crippen molar-refractivity contribution in [3.05, 3.63) is 59.7 Å². The molecule has 0 radical (unpaired) electrons. The number of ether oxygens (including phenoxy) is 2. The Balaban J connectivity index is 1.93. The first-order valence-corrected chi connectivity index (χ1v) is 8.69. The SMILES string of the molecule is C/C=C/c1ccc(OCC(=O)Nc2ccc(C(=O)NCC)cc2)c(OC)c1. The second-order valence-corrected chi connectivity index (χ2v) is 5.68. The molecule has 0 bridgehead atoms. The van der Waals surface area contributed by atoms with Gasteiger partial charge in [-0.15, -0.1) is 0 Å². The fourth-order valence-electron chi connectivity index (χ4n) is 2.41. The Bertz CT molecular complexity index is 813. The number of amides is 2. The van der Waals surface area contributed by atoms with Crippen LogP contribution in [0.4, 0.5) is 5.69 Å². The number of hydrogen-bond donors (Lipinski definition) is 2. The summed E-state index contributed by atoms with van der Waals surface area (Å²) >= 11 is 0. The molecule has 2 aromatic rings. The lowest BCUT2D eigenvalue weighted by Gasteiger charge is -2.12. The molecule has 27 heavy (non-hydrogen) atoms. The van der Waals surface area contributed by atoms with Gasteiger partial charge in [0.15, 0.2) is 18.1 Å². The van der Waals surface area contributed by atoms with Crippen LogP contribution in [0, 0.1) is 0 Å². The molecule has 142 valence electrons. The molecule has 0 fully saturated rings. The second kappa shape index (κ2) is 10.0. The van der Waals surface area contributed by atoms with Gasteiger partial charge in [-0.05, 0) is 55.8 Å². The maximum atomic E-state index is 12.1. The summed E-state index contributed by atoms with van der Waals surface area (Å²) in [5.74, 6) is 0.602. The van der Waals surface area contributed by atoms with Gasteiger partial charge in [0, 0.05) is 17.8 Å². The highest BCUT2D eigenvalue weighted by Gasteiger charge is 2.09. The molecular weight excluding hydrogens is 344 g/mol. The maximum Gasteiger partial charge on any atom is 0.262 e. The van der Waals surface area contributed by atoms with Gasteiger partial charge in [0.05, 0.1) is 7.11 Å². The van der Waals surface area contributed by atoms with E-state index in [2.05, 4.69) is 10.6 Å². The van der Waals surface area contributed by atoms with Crippen LogP contribution in [0.25, 0.3) is 6.08 Å². The molecule has 0 atom stereocenters. The van der Waals surface area contributed by atoms with E-state index in [1.807, 2.05) is 38.1 Å². The molecule has 0 unspecified atom stereocenters. The van der Waals surface area contributed by atoms with E-state index in [1.165, 1.54) is 0 Å². The smallest absolute Gasteiger partial charge is 0.262 e. The third-order valence-corrected chi connectivity index (χ3v) is 3.67. The van der Waals surface area contributed by atoms with Crippen LogP contribution in [-0.2, 0) is 4.79 Å². The van der Waals surface area contributed by atoms with Gasteiger partial charge in [-0.3, -0.25) is 9.59 Å². The van der Waals surface area contributed by atoms with Crippen molar-refractivity contribution in [3.8, 4) is 11.5 Å². The van der Waals surface area contributed by atoms with Crippen LogP contribution in [0.3, 0.4) is 0 Å². The highest BCUT2D eigenvalue weighted by molar-refractivity contribution is 5.96. The standard InChI is InChI=1S/C21H24N2O4/c1-4-6-15-7-12-18(19(13-15)26-3)27-14-20(24)23-17-10-8-16(9-11-17)21(25)22-5-2/h4,6-13H,5,14H2,1-3H3,(H,22,25)(H,23,24)/b6-4+. The first kappa shape index (κ1) is 20.0. The summed E-state index contributed by atoms with van der Waals surface area (Å²) in [7, 11) is 1.55. The van der Waals surface area contributed by atoms with Crippen LogP contribution < -0.4 is 20.1 Å². The minimum atomic E-state index is -0.305. The Morgan fingerprint density at radius 3 is 2.44 bits per heavy atom. The molecule has 6 heteroatoms. The molecule has 0 aromatic heterocycles. The highest BCUT2D eigenvalue weighted by atomic mass is 16.5. The number of carbonyl (C=O) groups is 2. The summed E-state index contributed by atoms with van der Waals surface area (Å²) in [6.45, 7) is 4.20. The van der Waals surface area contributed by atoms with Crippen molar-refractivity contribution in [2.24, 2.45) is 0 Å². The molecule has 2 aromatic carbocycles. The molecule has 0 saturated heterocycles. The molecule has 0 heterocycles. The summed E-state index contributed by atoms with van der Waals surface area (Å²) < 4.78 is 10.9. The molecular formula is C21H24N2O4. The minimum Gasteiger partial charge on any atom is -0.493 e. The van der Waals surface area contributed by atoms with E-state index in [9.17, 15) is 9.59 Å². The molecule has 0 saturated carbocycles. The number of benzene rings is 2. The molecule has 0 aliphatic carbocycles. The number of hydrogen-bond acceptors (Lipinski definition) is 4. The van der Waals surface area contributed by atoms with Crippen molar-refractivity contribution in [3.63, 3.8) is 0 Å². The van der Waals surface area contributed by atoms with Gasteiger partial charge in [-0.1, -0.05) is 18.2 Å². The number of carbonyl (C=O) groups excluding carboxylic acids is 2. The van der Waals surface area contributed by atoms with Gasteiger partial charge in [0.25, 0.3) is 11.8 Å². The van der Waals surface area contributed by atoms with Crippen LogP contribution in [-0.4, -0.2) is 32.1 Å². The normalized spacial score (nSPS) is 10.5. The molecule has 0 aliphatic heterocycles. The van der Waals surface area contributed by atoms with Crippen LogP contribution in [0.5, 0.6) is 11.5 Å². The fraction of sp³-hybridized carbons (Fsp3) is 0.238. The average molecular weight is 368 g/mol. The van der Waals surface area contributed by atoms with E-state index < -0.39 is 0 Å². The summed E-state index contributed by atoms with van der Waals surface area (Å²) in [5, 5.41) is 5.45. The summed E-state index contributed by atoms with van der Waals surface area (Å²) in [5.41, 5.74) is 2.11. The van der Waals surface area contributed by atoms with E-state index >= 15 is 0 Å². The molecule has 0 spiro atoms. The summed E-state index contributed by atoms with van der Waals surface area (Å²) in [4.78, 5) is 23.8. The number of methoxy groups -OCH3 is 1. The monoisotopic (exact) mass is 368 g/mol. The predicted molar refractivity (Wildman–Crippen MR) is 106 cm³/mol. The summed E-state index contributed by atoms with van der Waals surface area (Å²) in [6, 6.07) is 12.2. The molecule has 2 amide bonds. The van der Waals surface area contributed by atoms with Crippen molar-refractivity contribution < 1.29 is 19.1 Å². The molecule has 0 aliphatic rings. The lowest BCUT2D eigenvalue weighted by atomic mass is 10.2. The van der Waals surface area contributed by atoms with Crippen molar-refractivity contribution >= 4 is 23.6 Å². The number of allylic oxidation sites excluding steroid dienone is 1. The van der Waals surface area contributed by atoms with Crippen molar-refractivity contribution in [2.45, 2.75) is 13.8 Å². The minimum absolute atomic E-state index is 0.146. The first-order chi connectivity index (χ1) is 13.1. The quantitative estimate of drug-likeness (QED) is 0.748. The zero-order chi connectivity index (χ0) is 19.6. The van der Waals surface area contributed by atoms with Crippen molar-refractivity contribution in [1.82, 2.24) is 5.32 Å². The second-order valence-electron chi connectivity index (χ2n) is 5.68. The van der Waals surface area contributed by atoms with Gasteiger partial charge >= 0.3 is 0 Å². The van der Waals surface area contributed by atoms with E-state index in [4.69, 9.17) is 9.47 Å². The lowest BCUT2D eigenvalue weighted by molar-refractivity contribution is -0.118. The summed E-state index contributed by atoms with van der Waals surface area (Å²) in [6.07, 6.45) is 3.88. The largest absolute Gasteiger partial charge is 0.493 e. The van der Waals surface area contributed by atoms with Gasteiger partial charge < -0.3 is 20.1 Å². The maximum absolute atomic E-state index is 12.1. The fourth-order valence-corrected chi connectivity index (χ4v) is 2.41. The van der Waals surface area contributed by atoms with Crippen molar-refractivity contribution in [2.75, 3.05) is 25.6 Å². The molecule has 6 nitrogen and oxygen atoms in total. The van der Waals surface area contributed by atoms with Crippen LogP contribution >= 0.6 is 0 Å². The Morgan fingerprint density at radius 2 is 1.81 bits per heavy atom. The zero-order valence-corrected chi connectivity index (χ0v) is 15.7. The lowest BCUT2D eigenvalue weighted by Crippen LogP contribution is -2.23. The number of nitrogens with one attached hydrogen (secondary N) is 2. The Morgan fingerprint density at radius 1 is 1.07 bits per heavy atom. The highest BCUT2D eigenvalue weighted by Crippen LogP contribution is 2.28. The topological polar surface area (TPSA) is 76.7 Å². The third kappa shape index (κ3) is 5.88. The van der Waals surface area contributed by atoms with E-state index in [1.54, 1.807) is 37.4 Å². The molecule has 2 rings (SSSR count). The third-order valence-electron chi connectivity index (χ3n) is 3.67.